The summed E-state index contributed by atoms with van der Waals surface area (Å²) < 4.78 is 8.38. The fourth-order valence-electron chi connectivity index (χ4n) is 0.918. The maximum Gasteiger partial charge on any atom is 0.354 e. The number of ether oxygens (including phenoxy) is 1. The lowest BCUT2D eigenvalue weighted by atomic mass is 10.2. The van der Waals surface area contributed by atoms with Crippen LogP contribution in [0.15, 0.2) is 11.6 Å². The number of aliphatic carboxylic acids is 1. The van der Waals surface area contributed by atoms with Crippen LogP contribution < -0.4 is 5.32 Å². The molecule has 0 fully saturated rings. The highest BCUT2D eigenvalue weighted by molar-refractivity contribution is 7.03. The lowest BCUT2D eigenvalue weighted by Crippen LogP contribution is -2.42. The van der Waals surface area contributed by atoms with Crippen LogP contribution >= 0.6 is 11.5 Å². The average molecular weight is 230 g/mol. The lowest BCUT2D eigenvalue weighted by molar-refractivity contribution is -0.153. The van der Waals surface area contributed by atoms with Gasteiger partial charge in [-0.25, -0.2) is 9.17 Å². The quantitative estimate of drug-likeness (QED) is 0.687. The van der Waals surface area contributed by atoms with Crippen LogP contribution in [0.5, 0.6) is 0 Å². The normalized spacial score (nSPS) is 12.1. The average Bonchev–Trinajstić information content (AvgIpc) is 2.66. The molecule has 82 valence electrons. The molecule has 15 heavy (non-hydrogen) atoms. The first-order valence-corrected chi connectivity index (χ1v) is 4.90. The summed E-state index contributed by atoms with van der Waals surface area (Å²) in [7, 11) is 1.21. The summed E-state index contributed by atoms with van der Waals surface area (Å²) in [4.78, 5) is 21.8. The van der Waals surface area contributed by atoms with Gasteiger partial charge in [0.25, 0.3) is 0 Å². The van der Waals surface area contributed by atoms with Crippen LogP contribution in [0.25, 0.3) is 0 Å². The van der Waals surface area contributed by atoms with Crippen LogP contribution in [-0.4, -0.2) is 34.7 Å². The molecule has 0 aliphatic rings. The first-order chi connectivity index (χ1) is 7.13. The Labute approximate surface area is 90.0 Å². The number of hydrogen-bond donors (Lipinski definition) is 2. The van der Waals surface area contributed by atoms with Crippen LogP contribution in [0.1, 0.15) is 5.56 Å². The molecule has 6 nitrogen and oxygen atoms in total. The maximum atomic E-state index is 11.3. The lowest BCUT2D eigenvalue weighted by Gasteiger charge is -2.11. The van der Waals surface area contributed by atoms with E-state index in [2.05, 4.69) is 14.4 Å². The van der Waals surface area contributed by atoms with Crippen molar-refractivity contribution < 1.29 is 19.4 Å². The van der Waals surface area contributed by atoms with Gasteiger partial charge in [0.15, 0.2) is 0 Å². The van der Waals surface area contributed by atoms with Crippen molar-refractivity contribution in [1.29, 1.82) is 0 Å². The zero-order chi connectivity index (χ0) is 11.3. The van der Waals surface area contributed by atoms with Gasteiger partial charge in [0.2, 0.25) is 12.1 Å². The number of carboxylic acids is 1. The molecule has 2 N–H and O–H groups in total. The molecular weight excluding hydrogens is 220 g/mol. The van der Waals surface area contributed by atoms with E-state index >= 15 is 0 Å². The van der Waals surface area contributed by atoms with Crippen LogP contribution in [0.3, 0.4) is 0 Å². The largest absolute Gasteiger partial charge is 0.478 e. The van der Waals surface area contributed by atoms with Gasteiger partial charge >= 0.3 is 5.97 Å². The molecule has 0 aromatic carbocycles. The second-order valence-electron chi connectivity index (χ2n) is 2.73. The van der Waals surface area contributed by atoms with Crippen molar-refractivity contribution in [2.75, 3.05) is 7.11 Å². The van der Waals surface area contributed by atoms with Gasteiger partial charge < -0.3 is 15.2 Å². The Kier molecular flexibility index (Phi) is 4.19. The Balaban J connectivity index is 2.45. The summed E-state index contributed by atoms with van der Waals surface area (Å²) in [5.41, 5.74) is 0.748. The summed E-state index contributed by atoms with van der Waals surface area (Å²) >= 11 is 1.23. The molecule has 0 spiro atoms. The number of nitrogens with zero attached hydrogens (tertiary/aromatic N) is 1. The number of rotatable bonds is 5. The third-order valence-corrected chi connectivity index (χ3v) is 2.24. The maximum absolute atomic E-state index is 11.3. The number of nitrogens with one attached hydrogen (secondary N) is 1. The van der Waals surface area contributed by atoms with E-state index < -0.39 is 18.1 Å². The second-order valence-corrected chi connectivity index (χ2v) is 3.39. The summed E-state index contributed by atoms with van der Waals surface area (Å²) in [5, 5.41) is 12.5. The predicted molar refractivity (Wildman–Crippen MR) is 52.4 cm³/mol. The first kappa shape index (κ1) is 11.6. The summed E-state index contributed by atoms with van der Waals surface area (Å²) in [6.45, 7) is 0. The highest BCUT2D eigenvalue weighted by Gasteiger charge is 2.18. The van der Waals surface area contributed by atoms with E-state index in [4.69, 9.17) is 5.11 Å². The fourth-order valence-corrected chi connectivity index (χ4v) is 1.45. The van der Waals surface area contributed by atoms with Crippen molar-refractivity contribution in [3.63, 3.8) is 0 Å². The van der Waals surface area contributed by atoms with Crippen LogP contribution in [0, 0.1) is 0 Å². The smallest absolute Gasteiger partial charge is 0.354 e. The van der Waals surface area contributed by atoms with Gasteiger partial charge in [-0.15, -0.1) is 0 Å². The number of aromatic nitrogens is 1. The third kappa shape index (κ3) is 3.64. The molecule has 1 rings (SSSR count). The highest BCUT2D eigenvalue weighted by Crippen LogP contribution is 2.02. The molecule has 7 heteroatoms. The van der Waals surface area contributed by atoms with Gasteiger partial charge in [-0.3, -0.25) is 4.79 Å². The molecule has 0 saturated carbocycles. The Hall–Kier alpha value is -1.47. The monoisotopic (exact) mass is 230 g/mol. The fraction of sp³-hybridized carbons (Fsp3) is 0.375. The van der Waals surface area contributed by atoms with Gasteiger partial charge in [0, 0.05) is 18.7 Å². The zero-order valence-corrected chi connectivity index (χ0v) is 8.78. The number of carboxylic acid groups (broad SMARTS) is 1. The van der Waals surface area contributed by atoms with Gasteiger partial charge in [0.1, 0.15) is 0 Å². The molecule has 0 aliphatic carbocycles. The van der Waals surface area contributed by atoms with Gasteiger partial charge in [-0.1, -0.05) is 0 Å². The van der Waals surface area contributed by atoms with Crippen molar-refractivity contribution in [3.05, 3.63) is 17.1 Å². The van der Waals surface area contributed by atoms with E-state index in [1.165, 1.54) is 18.6 Å². The molecule has 1 amide bonds. The van der Waals surface area contributed by atoms with Gasteiger partial charge in [-0.2, -0.15) is 0 Å². The standard InChI is InChI=1S/C8H10N2O4S/c1-14-7(8(12)13)10-6(11)2-5-3-9-15-4-5/h3-4,7H,2H2,1H3,(H,10,11)(H,12,13). The topological polar surface area (TPSA) is 88.5 Å². The number of carbonyl (C=O) groups excluding carboxylic acids is 1. The molecule has 0 saturated heterocycles. The van der Waals surface area contributed by atoms with Crippen molar-refractivity contribution in [2.24, 2.45) is 0 Å². The minimum absolute atomic E-state index is 0.101. The van der Waals surface area contributed by atoms with Crippen LogP contribution in [0.2, 0.25) is 0 Å². The summed E-state index contributed by atoms with van der Waals surface area (Å²) in [6.07, 6.45) is 0.361. The number of carbonyl (C=O) groups is 2. The molecule has 1 heterocycles. The minimum atomic E-state index is -1.30. The minimum Gasteiger partial charge on any atom is -0.478 e. The molecule has 1 aromatic heterocycles. The van der Waals surface area contributed by atoms with Crippen molar-refractivity contribution in [3.8, 4) is 0 Å². The molecule has 0 bridgehead atoms. The number of hydrogen-bond acceptors (Lipinski definition) is 5. The Morgan fingerprint density at radius 3 is 2.93 bits per heavy atom. The zero-order valence-electron chi connectivity index (χ0n) is 7.97. The SMILES string of the molecule is COC(NC(=O)Cc1cnsc1)C(=O)O. The second kappa shape index (κ2) is 5.42. The molecular formula is C8H10N2O4S. The molecule has 1 atom stereocenters. The van der Waals surface area contributed by atoms with Crippen molar-refractivity contribution in [1.82, 2.24) is 9.69 Å². The van der Waals surface area contributed by atoms with Crippen LogP contribution in [0.4, 0.5) is 0 Å². The van der Waals surface area contributed by atoms with Gasteiger partial charge in [-0.05, 0) is 17.1 Å². The number of amides is 1. The van der Waals surface area contributed by atoms with E-state index in [-0.39, 0.29) is 6.42 Å². The van der Waals surface area contributed by atoms with Crippen LogP contribution in [-0.2, 0) is 20.7 Å². The Morgan fingerprint density at radius 1 is 1.73 bits per heavy atom. The van der Waals surface area contributed by atoms with E-state index in [1.807, 2.05) is 0 Å². The third-order valence-electron chi connectivity index (χ3n) is 1.60. The van der Waals surface area contributed by atoms with E-state index in [0.29, 0.717) is 0 Å². The summed E-state index contributed by atoms with van der Waals surface area (Å²) in [5.74, 6) is -1.64. The molecule has 1 unspecified atom stereocenters. The Bertz CT molecular complexity index is 338. The Morgan fingerprint density at radius 2 is 2.47 bits per heavy atom. The van der Waals surface area contributed by atoms with Crippen molar-refractivity contribution in [2.45, 2.75) is 12.6 Å². The number of methoxy groups -OCH3 is 1. The van der Waals surface area contributed by atoms with E-state index in [1.54, 1.807) is 11.6 Å². The van der Waals surface area contributed by atoms with E-state index in [0.717, 1.165) is 5.56 Å². The van der Waals surface area contributed by atoms with Gasteiger partial charge in [0.05, 0.1) is 6.42 Å². The van der Waals surface area contributed by atoms with Crippen molar-refractivity contribution >= 4 is 23.4 Å². The highest BCUT2D eigenvalue weighted by atomic mass is 32.1. The predicted octanol–water partition coefficient (Wildman–Crippen LogP) is -0.141. The molecule has 1 aromatic rings. The first-order valence-electron chi connectivity index (χ1n) is 4.06. The summed E-state index contributed by atoms with van der Waals surface area (Å²) in [6, 6.07) is 0. The molecule has 0 aliphatic heterocycles. The molecule has 0 radical (unpaired) electrons. The van der Waals surface area contributed by atoms with E-state index in [9.17, 15) is 9.59 Å².